The molecule has 5 heteroatoms. The molecular weight excluding hydrogens is 248 g/mol. The molecule has 0 aliphatic heterocycles. The molecule has 1 aliphatic carbocycles. The first-order valence-corrected chi connectivity index (χ1v) is 7.24. The van der Waals surface area contributed by atoms with Gasteiger partial charge in [0.15, 0.2) is 0 Å². The molecule has 2 rings (SSSR count). The van der Waals surface area contributed by atoms with Crippen LogP contribution in [0, 0.1) is 0 Å². The standard InChI is InChI=1S/C13H18N2O2S/c1-2-17-13(16)11(15-10-6-7-10)9-18-12-5-3-4-8-14-12/h3-5,8,10-11,15H,2,6-7,9H2,1H3. The van der Waals surface area contributed by atoms with Crippen molar-refractivity contribution in [1.82, 2.24) is 10.3 Å². The average molecular weight is 266 g/mol. The topological polar surface area (TPSA) is 51.2 Å². The van der Waals surface area contributed by atoms with E-state index < -0.39 is 0 Å². The van der Waals surface area contributed by atoms with Gasteiger partial charge < -0.3 is 10.1 Å². The molecule has 0 saturated heterocycles. The highest BCUT2D eigenvalue weighted by molar-refractivity contribution is 7.99. The second kappa shape index (κ2) is 6.75. The summed E-state index contributed by atoms with van der Waals surface area (Å²) >= 11 is 1.58. The van der Waals surface area contributed by atoms with Gasteiger partial charge in [-0.3, -0.25) is 4.79 Å². The molecule has 1 saturated carbocycles. The van der Waals surface area contributed by atoms with Crippen molar-refractivity contribution in [3.8, 4) is 0 Å². The van der Waals surface area contributed by atoms with E-state index >= 15 is 0 Å². The maximum atomic E-state index is 11.8. The largest absolute Gasteiger partial charge is 0.465 e. The van der Waals surface area contributed by atoms with Crippen LogP contribution in [0.25, 0.3) is 0 Å². The Kier molecular flexibility index (Phi) is 5.01. The third-order valence-corrected chi connectivity index (χ3v) is 3.66. The van der Waals surface area contributed by atoms with E-state index in [1.165, 1.54) is 0 Å². The van der Waals surface area contributed by atoms with Gasteiger partial charge in [-0.25, -0.2) is 4.98 Å². The normalized spacial score (nSPS) is 16.3. The average Bonchev–Trinajstić information content (AvgIpc) is 3.20. The van der Waals surface area contributed by atoms with Crippen LogP contribution < -0.4 is 5.32 Å². The van der Waals surface area contributed by atoms with Crippen LogP contribution in [0.5, 0.6) is 0 Å². The fraction of sp³-hybridized carbons (Fsp3) is 0.538. The molecule has 1 aliphatic rings. The summed E-state index contributed by atoms with van der Waals surface area (Å²) in [7, 11) is 0. The number of pyridine rings is 1. The number of thioether (sulfide) groups is 1. The minimum Gasteiger partial charge on any atom is -0.465 e. The number of carbonyl (C=O) groups is 1. The number of hydrogen-bond acceptors (Lipinski definition) is 5. The molecule has 1 fully saturated rings. The Balaban J connectivity index is 1.85. The fourth-order valence-corrected chi connectivity index (χ4v) is 2.44. The smallest absolute Gasteiger partial charge is 0.324 e. The van der Waals surface area contributed by atoms with Crippen molar-refractivity contribution in [2.45, 2.75) is 36.9 Å². The zero-order valence-electron chi connectivity index (χ0n) is 10.5. The van der Waals surface area contributed by atoms with Crippen LogP contribution in [-0.2, 0) is 9.53 Å². The lowest BCUT2D eigenvalue weighted by Gasteiger charge is -2.16. The van der Waals surface area contributed by atoms with Gasteiger partial charge in [-0.2, -0.15) is 0 Å². The molecule has 1 heterocycles. The Morgan fingerprint density at radius 3 is 3.06 bits per heavy atom. The van der Waals surface area contributed by atoms with Gasteiger partial charge in [-0.05, 0) is 31.9 Å². The summed E-state index contributed by atoms with van der Waals surface area (Å²) in [5, 5.41) is 4.26. The summed E-state index contributed by atoms with van der Waals surface area (Å²) in [5.74, 6) is 0.500. The Hall–Kier alpha value is -1.07. The van der Waals surface area contributed by atoms with Crippen molar-refractivity contribution in [2.75, 3.05) is 12.4 Å². The van der Waals surface area contributed by atoms with Gasteiger partial charge in [0.2, 0.25) is 0 Å². The molecule has 1 unspecified atom stereocenters. The van der Waals surface area contributed by atoms with Gasteiger partial charge >= 0.3 is 5.97 Å². The number of ether oxygens (including phenoxy) is 1. The number of rotatable bonds is 7. The molecule has 0 radical (unpaired) electrons. The van der Waals surface area contributed by atoms with Crippen molar-refractivity contribution in [3.63, 3.8) is 0 Å². The quantitative estimate of drug-likeness (QED) is 0.603. The number of hydrogen-bond donors (Lipinski definition) is 1. The molecule has 0 spiro atoms. The lowest BCUT2D eigenvalue weighted by Crippen LogP contribution is -2.41. The highest BCUT2D eigenvalue weighted by Gasteiger charge is 2.29. The number of nitrogens with one attached hydrogen (secondary N) is 1. The van der Waals surface area contributed by atoms with Gasteiger partial charge in [0.25, 0.3) is 0 Å². The third-order valence-electron chi connectivity index (χ3n) is 2.62. The molecule has 0 bridgehead atoms. The lowest BCUT2D eigenvalue weighted by atomic mass is 10.3. The Bertz CT molecular complexity index is 382. The number of carbonyl (C=O) groups excluding carboxylic acids is 1. The third kappa shape index (κ3) is 4.31. The molecule has 1 aromatic rings. The van der Waals surface area contributed by atoms with Crippen molar-refractivity contribution < 1.29 is 9.53 Å². The van der Waals surface area contributed by atoms with Crippen LogP contribution in [-0.4, -0.2) is 35.4 Å². The number of nitrogens with zero attached hydrogens (tertiary/aromatic N) is 1. The minimum atomic E-state index is -0.232. The molecule has 1 atom stereocenters. The lowest BCUT2D eigenvalue weighted by molar-refractivity contribution is -0.145. The van der Waals surface area contributed by atoms with Gasteiger partial charge in [0.1, 0.15) is 6.04 Å². The summed E-state index contributed by atoms with van der Waals surface area (Å²) in [4.78, 5) is 16.0. The van der Waals surface area contributed by atoms with Crippen LogP contribution in [0.3, 0.4) is 0 Å². The van der Waals surface area contributed by atoms with Crippen LogP contribution in [0.2, 0.25) is 0 Å². The zero-order valence-corrected chi connectivity index (χ0v) is 11.3. The van der Waals surface area contributed by atoms with E-state index in [2.05, 4.69) is 10.3 Å². The van der Waals surface area contributed by atoms with Gasteiger partial charge in [-0.15, -0.1) is 11.8 Å². The second-order valence-corrected chi connectivity index (χ2v) is 5.26. The van der Waals surface area contributed by atoms with Crippen molar-refractivity contribution in [2.24, 2.45) is 0 Å². The van der Waals surface area contributed by atoms with Crippen molar-refractivity contribution in [3.05, 3.63) is 24.4 Å². The molecule has 0 amide bonds. The number of esters is 1. The maximum absolute atomic E-state index is 11.8. The predicted molar refractivity (Wildman–Crippen MR) is 71.5 cm³/mol. The van der Waals surface area contributed by atoms with E-state index in [9.17, 15) is 4.79 Å². The summed E-state index contributed by atoms with van der Waals surface area (Å²) in [6, 6.07) is 6.04. The minimum absolute atomic E-state index is 0.159. The Morgan fingerprint density at radius 1 is 1.61 bits per heavy atom. The van der Waals surface area contributed by atoms with Crippen molar-refractivity contribution in [1.29, 1.82) is 0 Å². The van der Waals surface area contributed by atoms with E-state index in [0.29, 0.717) is 18.4 Å². The van der Waals surface area contributed by atoms with E-state index in [1.807, 2.05) is 25.1 Å². The molecule has 1 aromatic heterocycles. The zero-order chi connectivity index (χ0) is 12.8. The predicted octanol–water partition coefficient (Wildman–Crippen LogP) is 1.86. The Labute approximate surface area is 112 Å². The van der Waals surface area contributed by atoms with Crippen LogP contribution in [0.15, 0.2) is 29.4 Å². The van der Waals surface area contributed by atoms with Gasteiger partial charge in [-0.1, -0.05) is 6.07 Å². The molecule has 98 valence electrons. The molecule has 18 heavy (non-hydrogen) atoms. The van der Waals surface area contributed by atoms with Crippen LogP contribution in [0.1, 0.15) is 19.8 Å². The first-order chi connectivity index (χ1) is 8.79. The first-order valence-electron chi connectivity index (χ1n) is 6.26. The van der Waals surface area contributed by atoms with E-state index in [4.69, 9.17) is 4.74 Å². The van der Waals surface area contributed by atoms with E-state index in [-0.39, 0.29) is 12.0 Å². The van der Waals surface area contributed by atoms with Crippen molar-refractivity contribution >= 4 is 17.7 Å². The van der Waals surface area contributed by atoms with E-state index in [0.717, 1.165) is 17.9 Å². The SMILES string of the molecule is CCOC(=O)C(CSc1ccccn1)NC1CC1. The van der Waals surface area contributed by atoms with Gasteiger partial charge in [0.05, 0.1) is 11.6 Å². The summed E-state index contributed by atoms with van der Waals surface area (Å²) in [6.45, 7) is 2.26. The monoisotopic (exact) mass is 266 g/mol. The maximum Gasteiger partial charge on any atom is 0.324 e. The van der Waals surface area contributed by atoms with E-state index in [1.54, 1.807) is 18.0 Å². The molecular formula is C13H18N2O2S. The summed E-state index contributed by atoms with van der Waals surface area (Å²) in [5.41, 5.74) is 0. The highest BCUT2D eigenvalue weighted by Crippen LogP contribution is 2.22. The first kappa shape index (κ1) is 13.4. The molecule has 1 N–H and O–H groups in total. The highest BCUT2D eigenvalue weighted by atomic mass is 32.2. The summed E-state index contributed by atoms with van der Waals surface area (Å²) < 4.78 is 5.09. The fourth-order valence-electron chi connectivity index (χ4n) is 1.56. The molecule has 0 aromatic carbocycles. The molecule has 4 nitrogen and oxygen atoms in total. The summed E-state index contributed by atoms with van der Waals surface area (Å²) in [6.07, 6.45) is 4.07. The Morgan fingerprint density at radius 2 is 2.44 bits per heavy atom. The van der Waals surface area contributed by atoms with Crippen LogP contribution in [0.4, 0.5) is 0 Å². The van der Waals surface area contributed by atoms with Crippen LogP contribution >= 0.6 is 11.8 Å². The van der Waals surface area contributed by atoms with Gasteiger partial charge in [0, 0.05) is 18.0 Å². The number of aromatic nitrogens is 1. The second-order valence-electron chi connectivity index (χ2n) is 4.22.